The molecular formula is C9H18OSi. The molecule has 0 N–H and O–H groups in total. The minimum atomic E-state index is -1.22. The monoisotopic (exact) mass is 170 g/mol. The van der Waals surface area contributed by atoms with Crippen LogP contribution in [-0.4, -0.2) is 15.2 Å². The van der Waals surface area contributed by atoms with Gasteiger partial charge >= 0.3 is 0 Å². The molecule has 0 aromatic carbocycles. The first kappa shape index (κ1) is 10.6. The zero-order valence-electron chi connectivity index (χ0n) is 8.03. The van der Waals surface area contributed by atoms with Crippen LogP contribution >= 0.6 is 0 Å². The first-order valence-electron chi connectivity index (χ1n) is 4.29. The van der Waals surface area contributed by atoms with Crippen LogP contribution in [0.5, 0.6) is 0 Å². The molecule has 0 rings (SSSR count). The maximum Gasteiger partial charge on any atom is 0.142 e. The lowest BCUT2D eigenvalue weighted by Gasteiger charge is -2.19. The van der Waals surface area contributed by atoms with Gasteiger partial charge in [-0.15, -0.1) is 0 Å². The van der Waals surface area contributed by atoms with Gasteiger partial charge in [0.2, 0.25) is 0 Å². The fraction of sp³-hybridized carbons (Fsp3) is 0.778. The Kier molecular flexibility index (Phi) is 5.05. The molecule has 0 amide bonds. The third-order valence-electron chi connectivity index (χ3n) is 2.45. The highest BCUT2D eigenvalue weighted by Gasteiger charge is 2.24. The van der Waals surface area contributed by atoms with Crippen LogP contribution < -0.4 is 0 Å². The van der Waals surface area contributed by atoms with Crippen molar-refractivity contribution in [2.75, 3.05) is 7.11 Å². The standard InChI is InChI=1S/C9H18OSi/c1-5-11(6-2,7-3)9-8-10-4/h5-7H2,1-4H3. The van der Waals surface area contributed by atoms with Crippen LogP contribution in [0.15, 0.2) is 0 Å². The zero-order valence-corrected chi connectivity index (χ0v) is 9.03. The number of hydrogen-bond acceptors (Lipinski definition) is 1. The van der Waals surface area contributed by atoms with E-state index in [1.165, 1.54) is 18.1 Å². The Bertz CT molecular complexity index is 142. The highest BCUT2D eigenvalue weighted by molar-refractivity contribution is 6.87. The summed E-state index contributed by atoms with van der Waals surface area (Å²) in [5.74, 6) is 0. The Morgan fingerprint density at radius 3 is 1.82 bits per heavy atom. The fourth-order valence-corrected chi connectivity index (χ4v) is 3.52. The van der Waals surface area contributed by atoms with E-state index in [9.17, 15) is 0 Å². The molecule has 0 aromatic rings. The maximum absolute atomic E-state index is 4.78. The van der Waals surface area contributed by atoms with E-state index in [0.717, 1.165) is 0 Å². The van der Waals surface area contributed by atoms with Gasteiger partial charge < -0.3 is 4.74 Å². The van der Waals surface area contributed by atoms with Crippen LogP contribution in [0.25, 0.3) is 0 Å². The van der Waals surface area contributed by atoms with Gasteiger partial charge in [-0.2, -0.15) is 0 Å². The molecule has 0 fully saturated rings. The molecule has 0 saturated heterocycles. The highest BCUT2D eigenvalue weighted by atomic mass is 28.3. The summed E-state index contributed by atoms with van der Waals surface area (Å²) in [5, 5.41) is 0. The van der Waals surface area contributed by atoms with Crippen LogP contribution in [0.1, 0.15) is 20.8 Å². The lowest BCUT2D eigenvalue weighted by atomic mass is 10.9. The Hall–Kier alpha value is -0.423. The normalized spacial score (nSPS) is 10.2. The summed E-state index contributed by atoms with van der Waals surface area (Å²) in [7, 11) is 0.408. The van der Waals surface area contributed by atoms with Crippen molar-refractivity contribution in [3.05, 3.63) is 0 Å². The van der Waals surface area contributed by atoms with Crippen molar-refractivity contribution in [3.63, 3.8) is 0 Å². The van der Waals surface area contributed by atoms with Crippen LogP contribution in [0.2, 0.25) is 18.1 Å². The van der Waals surface area contributed by atoms with Crippen molar-refractivity contribution < 1.29 is 4.74 Å². The lowest BCUT2D eigenvalue weighted by molar-refractivity contribution is 0.372. The van der Waals surface area contributed by atoms with Crippen molar-refractivity contribution in [1.82, 2.24) is 0 Å². The Labute approximate surface area is 71.2 Å². The number of methoxy groups -OCH3 is 1. The third-order valence-corrected chi connectivity index (χ3v) is 7.14. The largest absolute Gasteiger partial charge is 0.450 e. The van der Waals surface area contributed by atoms with Crippen molar-refractivity contribution in [2.24, 2.45) is 0 Å². The summed E-state index contributed by atoms with van der Waals surface area (Å²) in [6.45, 7) is 6.72. The SMILES string of the molecule is CC[Si](C#COC)(CC)CC. The van der Waals surface area contributed by atoms with E-state index in [4.69, 9.17) is 4.74 Å². The van der Waals surface area contributed by atoms with E-state index in [2.05, 4.69) is 32.4 Å². The van der Waals surface area contributed by atoms with E-state index in [0.29, 0.717) is 0 Å². The molecule has 0 aliphatic carbocycles. The van der Waals surface area contributed by atoms with Crippen LogP contribution in [0.3, 0.4) is 0 Å². The van der Waals surface area contributed by atoms with E-state index < -0.39 is 8.07 Å². The molecule has 0 aliphatic rings. The Morgan fingerprint density at radius 1 is 1.09 bits per heavy atom. The second-order valence-corrected chi connectivity index (χ2v) is 7.70. The zero-order chi connectivity index (χ0) is 8.74. The molecule has 2 heteroatoms. The van der Waals surface area contributed by atoms with Crippen LogP contribution in [0.4, 0.5) is 0 Å². The number of hydrogen-bond donors (Lipinski definition) is 0. The van der Waals surface area contributed by atoms with Crippen molar-refractivity contribution >= 4 is 8.07 Å². The summed E-state index contributed by atoms with van der Waals surface area (Å²) < 4.78 is 4.78. The minimum absolute atomic E-state index is 1.22. The van der Waals surface area contributed by atoms with Crippen LogP contribution in [0, 0.1) is 11.7 Å². The van der Waals surface area contributed by atoms with Crippen molar-refractivity contribution in [3.8, 4) is 11.7 Å². The van der Waals surface area contributed by atoms with Gasteiger partial charge in [0.25, 0.3) is 0 Å². The lowest BCUT2D eigenvalue weighted by Crippen LogP contribution is -2.29. The second-order valence-electron chi connectivity index (χ2n) is 2.77. The van der Waals surface area contributed by atoms with Crippen molar-refractivity contribution in [1.29, 1.82) is 0 Å². The molecule has 64 valence electrons. The first-order valence-corrected chi connectivity index (χ1v) is 6.92. The summed E-state index contributed by atoms with van der Waals surface area (Å²) in [6.07, 6.45) is 2.75. The van der Waals surface area contributed by atoms with Gasteiger partial charge in [-0.05, 0) is 18.1 Å². The molecular weight excluding hydrogens is 152 g/mol. The van der Waals surface area contributed by atoms with Crippen molar-refractivity contribution in [2.45, 2.75) is 38.9 Å². The van der Waals surface area contributed by atoms with Gasteiger partial charge in [-0.1, -0.05) is 26.3 Å². The third kappa shape index (κ3) is 2.98. The van der Waals surface area contributed by atoms with Gasteiger partial charge in [0.05, 0.1) is 7.11 Å². The van der Waals surface area contributed by atoms with E-state index in [1.807, 2.05) is 0 Å². The summed E-state index contributed by atoms with van der Waals surface area (Å²) >= 11 is 0. The van der Waals surface area contributed by atoms with Gasteiger partial charge in [0, 0.05) is 0 Å². The molecule has 1 nitrogen and oxygen atoms in total. The Balaban J connectivity index is 4.28. The molecule has 0 unspecified atom stereocenters. The van der Waals surface area contributed by atoms with E-state index in [1.54, 1.807) is 7.11 Å². The molecule has 11 heavy (non-hydrogen) atoms. The maximum atomic E-state index is 4.78. The summed E-state index contributed by atoms with van der Waals surface area (Å²) in [4.78, 5) is 0. The molecule has 0 saturated carbocycles. The predicted octanol–water partition coefficient (Wildman–Crippen LogP) is 2.64. The topological polar surface area (TPSA) is 9.23 Å². The van der Waals surface area contributed by atoms with E-state index >= 15 is 0 Å². The average Bonchev–Trinajstić information content (AvgIpc) is 2.08. The molecule has 0 aromatic heterocycles. The Morgan fingerprint density at radius 2 is 1.55 bits per heavy atom. The molecule has 0 heterocycles. The molecule has 0 atom stereocenters. The first-order chi connectivity index (χ1) is 5.24. The van der Waals surface area contributed by atoms with Gasteiger partial charge in [0.1, 0.15) is 14.2 Å². The number of ether oxygens (including phenoxy) is 1. The van der Waals surface area contributed by atoms with Gasteiger partial charge in [-0.25, -0.2) is 0 Å². The quantitative estimate of drug-likeness (QED) is 0.467. The summed E-state index contributed by atoms with van der Waals surface area (Å²) in [6, 6.07) is 3.74. The molecule has 0 aliphatic heterocycles. The summed E-state index contributed by atoms with van der Waals surface area (Å²) in [5.41, 5.74) is 3.30. The van der Waals surface area contributed by atoms with Gasteiger partial charge in [0.15, 0.2) is 0 Å². The molecule has 0 radical (unpaired) electrons. The second kappa shape index (κ2) is 5.26. The number of rotatable bonds is 3. The smallest absolute Gasteiger partial charge is 0.142 e. The highest BCUT2D eigenvalue weighted by Crippen LogP contribution is 2.18. The molecule has 0 bridgehead atoms. The van der Waals surface area contributed by atoms with Crippen LogP contribution in [-0.2, 0) is 4.74 Å². The predicted molar refractivity (Wildman–Crippen MR) is 52.0 cm³/mol. The van der Waals surface area contributed by atoms with E-state index in [-0.39, 0.29) is 0 Å². The average molecular weight is 170 g/mol. The fourth-order valence-electron chi connectivity index (χ4n) is 1.17. The minimum Gasteiger partial charge on any atom is -0.450 e. The molecule has 0 spiro atoms. The van der Waals surface area contributed by atoms with Gasteiger partial charge in [-0.3, -0.25) is 0 Å².